The Bertz CT molecular complexity index is 819. The summed E-state index contributed by atoms with van der Waals surface area (Å²) >= 11 is 0. The SMILES string of the molecule is CCCCOc1ccc(CCNC(=O)c2cc([N+](=O)[O-])cc([N+](=O)[O-])c2)cc1. The van der Waals surface area contributed by atoms with Gasteiger partial charge >= 0.3 is 0 Å². The highest BCUT2D eigenvalue weighted by molar-refractivity contribution is 5.95. The van der Waals surface area contributed by atoms with E-state index in [2.05, 4.69) is 12.2 Å². The highest BCUT2D eigenvalue weighted by atomic mass is 16.6. The van der Waals surface area contributed by atoms with Crippen molar-refractivity contribution in [3.8, 4) is 5.75 Å². The van der Waals surface area contributed by atoms with E-state index in [9.17, 15) is 25.0 Å². The third-order valence-corrected chi connectivity index (χ3v) is 3.98. The van der Waals surface area contributed by atoms with Crippen molar-refractivity contribution in [3.63, 3.8) is 0 Å². The lowest BCUT2D eigenvalue weighted by molar-refractivity contribution is -0.394. The minimum atomic E-state index is -0.770. The van der Waals surface area contributed by atoms with E-state index in [0.717, 1.165) is 42.4 Å². The molecule has 2 aromatic carbocycles. The van der Waals surface area contributed by atoms with Gasteiger partial charge in [0.2, 0.25) is 0 Å². The molecule has 9 nitrogen and oxygen atoms in total. The Hall–Kier alpha value is -3.49. The number of rotatable bonds is 10. The average Bonchev–Trinajstić information content (AvgIpc) is 2.68. The number of nitro groups is 2. The molecule has 0 heterocycles. The number of hydrogen-bond acceptors (Lipinski definition) is 6. The molecular formula is C19H21N3O6. The van der Waals surface area contributed by atoms with Crippen LogP contribution in [0, 0.1) is 20.2 Å². The van der Waals surface area contributed by atoms with Gasteiger partial charge in [-0.3, -0.25) is 25.0 Å². The first-order chi connectivity index (χ1) is 13.4. The number of carbonyl (C=O) groups excluding carboxylic acids is 1. The number of nitrogens with one attached hydrogen (secondary N) is 1. The van der Waals surface area contributed by atoms with Crippen molar-refractivity contribution in [2.24, 2.45) is 0 Å². The lowest BCUT2D eigenvalue weighted by Gasteiger charge is -2.08. The van der Waals surface area contributed by atoms with E-state index < -0.39 is 27.1 Å². The molecule has 0 bridgehead atoms. The highest BCUT2D eigenvalue weighted by Gasteiger charge is 2.19. The van der Waals surface area contributed by atoms with Crippen LogP contribution in [0.3, 0.4) is 0 Å². The molecule has 9 heteroatoms. The fourth-order valence-electron chi connectivity index (χ4n) is 2.45. The predicted molar refractivity (Wildman–Crippen MR) is 103 cm³/mol. The first-order valence-electron chi connectivity index (χ1n) is 8.84. The highest BCUT2D eigenvalue weighted by Crippen LogP contribution is 2.22. The minimum absolute atomic E-state index is 0.124. The molecule has 0 spiro atoms. The monoisotopic (exact) mass is 387 g/mol. The first kappa shape index (κ1) is 20.8. The molecule has 2 rings (SSSR count). The van der Waals surface area contributed by atoms with Gasteiger partial charge in [-0.05, 0) is 30.5 Å². The Labute approximate surface area is 161 Å². The zero-order valence-electron chi connectivity index (χ0n) is 15.4. The van der Waals surface area contributed by atoms with Crippen LogP contribution < -0.4 is 10.1 Å². The molecule has 0 atom stereocenters. The van der Waals surface area contributed by atoms with E-state index in [1.54, 1.807) is 0 Å². The standard InChI is InChI=1S/C19H21N3O6/c1-2-3-10-28-18-6-4-14(5-7-18)8-9-20-19(23)15-11-16(21(24)25)13-17(12-15)22(26)27/h4-7,11-13H,2-3,8-10H2,1H3,(H,20,23). The summed E-state index contributed by atoms with van der Waals surface area (Å²) in [6.45, 7) is 3.04. The number of amides is 1. The number of hydrogen-bond donors (Lipinski definition) is 1. The Morgan fingerprint density at radius 2 is 1.64 bits per heavy atom. The second kappa shape index (κ2) is 10.0. The van der Waals surface area contributed by atoms with Gasteiger partial charge in [-0.25, -0.2) is 0 Å². The molecule has 0 aliphatic heterocycles. The summed E-state index contributed by atoms with van der Waals surface area (Å²) in [5.41, 5.74) is -0.148. The zero-order chi connectivity index (χ0) is 20.5. The molecule has 0 saturated heterocycles. The summed E-state index contributed by atoms with van der Waals surface area (Å²) in [5.74, 6) is 0.177. The van der Waals surface area contributed by atoms with Gasteiger partial charge in [0.1, 0.15) is 5.75 Å². The number of carbonyl (C=O) groups is 1. The van der Waals surface area contributed by atoms with Crippen molar-refractivity contribution >= 4 is 17.3 Å². The molecule has 1 amide bonds. The summed E-state index contributed by atoms with van der Waals surface area (Å²) in [4.78, 5) is 32.5. The molecule has 0 unspecified atom stereocenters. The van der Waals surface area contributed by atoms with Gasteiger partial charge in [-0.1, -0.05) is 25.5 Å². The topological polar surface area (TPSA) is 125 Å². The first-order valence-corrected chi connectivity index (χ1v) is 8.84. The van der Waals surface area contributed by atoms with Crippen molar-refractivity contribution < 1.29 is 19.4 Å². The van der Waals surface area contributed by atoms with Gasteiger partial charge in [0, 0.05) is 18.7 Å². The summed E-state index contributed by atoms with van der Waals surface area (Å²) in [6.07, 6.45) is 2.59. The van der Waals surface area contributed by atoms with Crippen LogP contribution in [0.1, 0.15) is 35.7 Å². The molecule has 28 heavy (non-hydrogen) atoms. The van der Waals surface area contributed by atoms with Crippen LogP contribution in [-0.2, 0) is 6.42 Å². The quantitative estimate of drug-likeness (QED) is 0.377. The van der Waals surface area contributed by atoms with Crippen LogP contribution in [0.5, 0.6) is 5.75 Å². The second-order valence-corrected chi connectivity index (χ2v) is 6.10. The number of unbranched alkanes of at least 4 members (excludes halogenated alkanes) is 1. The van der Waals surface area contributed by atoms with E-state index in [-0.39, 0.29) is 12.1 Å². The van der Waals surface area contributed by atoms with E-state index in [4.69, 9.17) is 4.74 Å². The summed E-state index contributed by atoms with van der Waals surface area (Å²) in [7, 11) is 0. The number of benzene rings is 2. The number of non-ortho nitro benzene ring substituents is 2. The Kier molecular flexibility index (Phi) is 7.44. The molecule has 0 aromatic heterocycles. The summed E-state index contributed by atoms with van der Waals surface area (Å²) in [6, 6.07) is 10.4. The molecule has 0 radical (unpaired) electrons. The van der Waals surface area contributed by atoms with E-state index in [0.29, 0.717) is 13.0 Å². The van der Waals surface area contributed by atoms with Crippen molar-refractivity contribution in [2.45, 2.75) is 26.2 Å². The summed E-state index contributed by atoms with van der Waals surface area (Å²) < 4.78 is 5.58. The second-order valence-electron chi connectivity index (χ2n) is 6.10. The molecule has 2 aromatic rings. The van der Waals surface area contributed by atoms with Crippen LogP contribution >= 0.6 is 0 Å². The van der Waals surface area contributed by atoms with Crippen molar-refractivity contribution in [1.29, 1.82) is 0 Å². The third kappa shape index (κ3) is 6.04. The van der Waals surface area contributed by atoms with Crippen molar-refractivity contribution in [1.82, 2.24) is 5.32 Å². The maximum Gasteiger partial charge on any atom is 0.277 e. The fraction of sp³-hybridized carbons (Fsp3) is 0.316. The van der Waals surface area contributed by atoms with Crippen molar-refractivity contribution in [2.75, 3.05) is 13.2 Å². The van der Waals surface area contributed by atoms with Crippen LogP contribution in [0.4, 0.5) is 11.4 Å². The van der Waals surface area contributed by atoms with E-state index >= 15 is 0 Å². The van der Waals surface area contributed by atoms with Crippen LogP contribution in [0.25, 0.3) is 0 Å². The number of ether oxygens (including phenoxy) is 1. The van der Waals surface area contributed by atoms with Crippen LogP contribution in [-0.4, -0.2) is 28.9 Å². The molecule has 148 valence electrons. The molecule has 0 aliphatic carbocycles. The maximum atomic E-state index is 12.2. The Morgan fingerprint density at radius 1 is 1.04 bits per heavy atom. The van der Waals surface area contributed by atoms with Crippen LogP contribution in [0.15, 0.2) is 42.5 Å². The van der Waals surface area contributed by atoms with Gasteiger partial charge in [-0.15, -0.1) is 0 Å². The Balaban J connectivity index is 1.93. The minimum Gasteiger partial charge on any atom is -0.494 e. The van der Waals surface area contributed by atoms with Gasteiger partial charge in [0.15, 0.2) is 0 Å². The molecule has 0 fully saturated rings. The molecule has 0 saturated carbocycles. The van der Waals surface area contributed by atoms with Gasteiger partial charge in [0.05, 0.1) is 28.1 Å². The molecule has 1 N–H and O–H groups in total. The largest absolute Gasteiger partial charge is 0.494 e. The van der Waals surface area contributed by atoms with Crippen molar-refractivity contribution in [3.05, 3.63) is 73.8 Å². The third-order valence-electron chi connectivity index (χ3n) is 3.98. The lowest BCUT2D eigenvalue weighted by Crippen LogP contribution is -2.25. The zero-order valence-corrected chi connectivity index (χ0v) is 15.4. The van der Waals surface area contributed by atoms with E-state index in [1.807, 2.05) is 24.3 Å². The number of nitrogens with zero attached hydrogens (tertiary/aromatic N) is 2. The lowest BCUT2D eigenvalue weighted by atomic mass is 10.1. The average molecular weight is 387 g/mol. The molecular weight excluding hydrogens is 366 g/mol. The normalized spacial score (nSPS) is 10.3. The fourth-order valence-corrected chi connectivity index (χ4v) is 2.45. The number of nitro benzene ring substituents is 2. The predicted octanol–water partition coefficient (Wildman–Crippen LogP) is 3.65. The Morgan fingerprint density at radius 3 is 2.18 bits per heavy atom. The van der Waals surface area contributed by atoms with E-state index in [1.165, 1.54) is 0 Å². The van der Waals surface area contributed by atoms with Gasteiger partial charge in [0.25, 0.3) is 17.3 Å². The maximum absolute atomic E-state index is 12.2. The summed E-state index contributed by atoms with van der Waals surface area (Å²) in [5, 5.41) is 24.4. The van der Waals surface area contributed by atoms with Crippen LogP contribution in [0.2, 0.25) is 0 Å². The van der Waals surface area contributed by atoms with Gasteiger partial charge in [-0.2, -0.15) is 0 Å². The van der Waals surface area contributed by atoms with Gasteiger partial charge < -0.3 is 10.1 Å². The smallest absolute Gasteiger partial charge is 0.277 e. The molecule has 0 aliphatic rings.